The maximum atomic E-state index is 13.3. The Bertz CT molecular complexity index is 724. The van der Waals surface area contributed by atoms with Crippen molar-refractivity contribution >= 4 is 16.7 Å². The van der Waals surface area contributed by atoms with Gasteiger partial charge in [-0.25, -0.2) is 4.39 Å². The maximum Gasteiger partial charge on any atom is 0.445 e. The number of fused-ring (bicyclic) bond motifs is 1. The van der Waals surface area contributed by atoms with Crippen LogP contribution in [0.2, 0.25) is 0 Å². The summed E-state index contributed by atoms with van der Waals surface area (Å²) in [4.78, 5) is 4.07. The normalized spacial score (nSPS) is 17.3. The minimum Gasteiger partial charge on any atom is -0.663 e. The van der Waals surface area contributed by atoms with Gasteiger partial charge in [0.2, 0.25) is 0 Å². The summed E-state index contributed by atoms with van der Waals surface area (Å²) in [5.74, 6) is -0.401. The summed E-state index contributed by atoms with van der Waals surface area (Å²) in [7, 11) is 0. The molecular weight excluding hydrogens is 486 g/mol. The number of aromatic nitrogens is 1. The predicted molar refractivity (Wildman–Crippen MR) is 74.9 cm³/mol. The fourth-order valence-corrected chi connectivity index (χ4v) is 2.30. The molecule has 127 valence electrons. The molecule has 1 aliphatic heterocycles. The number of hydrogen-bond donors (Lipinski definition) is 1. The van der Waals surface area contributed by atoms with E-state index in [-0.39, 0.29) is 33.6 Å². The number of rotatable bonds is 2. The summed E-state index contributed by atoms with van der Waals surface area (Å²) >= 11 is 0. The Balaban J connectivity index is 0.00000132. The van der Waals surface area contributed by atoms with Crippen LogP contribution in [-0.4, -0.2) is 12.4 Å². The molecule has 1 N–H and O–H groups in total. The van der Waals surface area contributed by atoms with Crippen molar-refractivity contribution in [2.24, 2.45) is 0 Å². The molecule has 1 radical (unpaired) electrons. The third-order valence-electron chi connectivity index (χ3n) is 3.29. The zero-order valence-corrected chi connectivity index (χ0v) is 15.1. The van der Waals surface area contributed by atoms with Crippen LogP contribution in [0.3, 0.4) is 0 Å². The molecule has 23 heavy (non-hydrogen) atoms. The molecular formula is C15H14F4N2ORe-2. The maximum absolute atomic E-state index is 13.3. The summed E-state index contributed by atoms with van der Waals surface area (Å²) in [5, 5.41) is 2.74. The van der Waals surface area contributed by atoms with Crippen molar-refractivity contribution in [3.8, 4) is 0 Å². The number of allylic oxidation sites excluding steroid dienone is 1. The molecule has 0 aliphatic carbocycles. The van der Waals surface area contributed by atoms with Gasteiger partial charge >= 0.3 is 6.18 Å². The van der Waals surface area contributed by atoms with Crippen LogP contribution in [0.1, 0.15) is 18.9 Å². The van der Waals surface area contributed by atoms with Gasteiger partial charge < -0.3 is 22.5 Å². The van der Waals surface area contributed by atoms with Gasteiger partial charge in [-0.2, -0.15) is 19.4 Å². The average molecular weight is 500 g/mol. The number of halogens is 4. The van der Waals surface area contributed by atoms with E-state index in [0.717, 1.165) is 0 Å². The monoisotopic (exact) mass is 501 g/mol. The van der Waals surface area contributed by atoms with E-state index in [4.69, 9.17) is 4.74 Å². The van der Waals surface area contributed by atoms with E-state index in [9.17, 15) is 17.6 Å². The van der Waals surface area contributed by atoms with Crippen molar-refractivity contribution in [1.29, 1.82) is 0 Å². The van der Waals surface area contributed by atoms with E-state index in [1.54, 1.807) is 6.92 Å². The second kappa shape index (κ2) is 6.93. The second-order valence-electron chi connectivity index (χ2n) is 4.68. The molecule has 2 heterocycles. The topological polar surface area (TPSA) is 35.4 Å². The van der Waals surface area contributed by atoms with E-state index in [2.05, 4.69) is 10.3 Å². The zero-order chi connectivity index (χ0) is 15.2. The van der Waals surface area contributed by atoms with E-state index >= 15 is 0 Å². The van der Waals surface area contributed by atoms with Crippen molar-refractivity contribution < 1.29 is 42.7 Å². The van der Waals surface area contributed by atoms with Crippen LogP contribution in [0.5, 0.6) is 0 Å². The fraction of sp³-hybridized carbons (Fsp3) is 0.267. The van der Waals surface area contributed by atoms with Crippen LogP contribution in [0.25, 0.3) is 16.7 Å². The number of hydrogen-bond acceptors (Lipinski definition) is 2. The zero-order valence-electron chi connectivity index (χ0n) is 12.3. The van der Waals surface area contributed by atoms with Crippen molar-refractivity contribution in [3.63, 3.8) is 0 Å². The van der Waals surface area contributed by atoms with E-state index in [1.807, 2.05) is 0 Å². The summed E-state index contributed by atoms with van der Waals surface area (Å²) in [6, 6.07) is 3.96. The van der Waals surface area contributed by atoms with Gasteiger partial charge in [0, 0.05) is 26.0 Å². The first-order chi connectivity index (χ1) is 9.90. The van der Waals surface area contributed by atoms with Crippen LogP contribution in [0, 0.1) is 13.2 Å². The number of ether oxygens (including phenoxy) is 1. The SMILES string of the molecule is CCC1=C(c2c[n-]c3ccc(F)cc23)OC(C(F)(F)F)N1.[CH3-].[Re]. The number of benzene rings is 1. The standard InChI is InChI=1S/C14H11F4N2O.CH3.Re/c1-2-10-12(21-13(20-10)14(16,17)18)9-6-19-11-4-3-7(15)5-8(9)11;;/h3-6,13,20H,2H2,1H3;1H3;/q2*-1;. The van der Waals surface area contributed by atoms with E-state index < -0.39 is 18.2 Å². The Morgan fingerprint density at radius 3 is 2.61 bits per heavy atom. The van der Waals surface area contributed by atoms with Crippen LogP contribution in [0.15, 0.2) is 30.1 Å². The predicted octanol–water partition coefficient (Wildman–Crippen LogP) is 3.97. The molecule has 3 rings (SSSR count). The van der Waals surface area contributed by atoms with Crippen LogP contribution < -0.4 is 10.3 Å². The molecule has 8 heteroatoms. The Labute approximate surface area is 144 Å². The van der Waals surface area contributed by atoms with Crippen LogP contribution >= 0.6 is 0 Å². The molecule has 0 amide bonds. The molecule has 0 saturated carbocycles. The first-order valence-electron chi connectivity index (χ1n) is 6.34. The van der Waals surface area contributed by atoms with Gasteiger partial charge in [-0.15, -0.1) is 5.52 Å². The number of nitrogens with one attached hydrogen (secondary N) is 1. The Hall–Kier alpha value is -1.52. The van der Waals surface area contributed by atoms with Crippen molar-refractivity contribution in [3.05, 3.63) is 48.9 Å². The largest absolute Gasteiger partial charge is 0.663 e. The number of nitrogens with zero attached hydrogens (tertiary/aromatic N) is 1. The van der Waals surface area contributed by atoms with Gasteiger partial charge in [-0.05, 0) is 23.9 Å². The minimum atomic E-state index is -4.52. The van der Waals surface area contributed by atoms with Crippen molar-refractivity contribution in [2.45, 2.75) is 25.7 Å². The van der Waals surface area contributed by atoms with Crippen molar-refractivity contribution in [1.82, 2.24) is 10.3 Å². The van der Waals surface area contributed by atoms with E-state index in [1.165, 1.54) is 24.4 Å². The summed E-state index contributed by atoms with van der Waals surface area (Å²) in [5.41, 5.74) is 1.20. The fourth-order valence-electron chi connectivity index (χ4n) is 2.30. The van der Waals surface area contributed by atoms with Gasteiger partial charge in [-0.1, -0.05) is 13.0 Å². The molecule has 1 atom stereocenters. The summed E-state index contributed by atoms with van der Waals surface area (Å²) in [6.45, 7) is 1.71. The smallest absolute Gasteiger partial charge is 0.445 e. The Kier molecular flexibility index (Phi) is 5.89. The Morgan fingerprint density at radius 1 is 1.30 bits per heavy atom. The third-order valence-corrected chi connectivity index (χ3v) is 3.29. The second-order valence-corrected chi connectivity index (χ2v) is 4.68. The third kappa shape index (κ3) is 3.54. The van der Waals surface area contributed by atoms with Crippen molar-refractivity contribution in [2.75, 3.05) is 0 Å². The summed E-state index contributed by atoms with van der Waals surface area (Å²) < 4.78 is 56.7. The first-order valence-corrected chi connectivity index (χ1v) is 6.34. The molecule has 0 fully saturated rings. The minimum absolute atomic E-state index is 0. The first kappa shape index (κ1) is 19.5. The average Bonchev–Trinajstić information content (AvgIpc) is 3.00. The van der Waals surface area contributed by atoms with Crippen LogP contribution in [0.4, 0.5) is 17.6 Å². The van der Waals surface area contributed by atoms with E-state index in [0.29, 0.717) is 28.6 Å². The Morgan fingerprint density at radius 2 is 2.00 bits per heavy atom. The summed E-state index contributed by atoms with van der Waals surface area (Å²) in [6.07, 6.45) is -4.87. The molecule has 1 aliphatic rings. The molecule has 1 aromatic carbocycles. The molecule has 3 nitrogen and oxygen atoms in total. The molecule has 1 aromatic heterocycles. The molecule has 0 bridgehead atoms. The van der Waals surface area contributed by atoms with Gasteiger partial charge in [0.15, 0.2) is 0 Å². The number of alkyl halides is 3. The van der Waals surface area contributed by atoms with Gasteiger partial charge in [0.25, 0.3) is 6.23 Å². The van der Waals surface area contributed by atoms with Gasteiger partial charge in [0.1, 0.15) is 11.6 Å². The molecule has 0 saturated heterocycles. The molecule has 0 spiro atoms. The van der Waals surface area contributed by atoms with Crippen LogP contribution in [-0.2, 0) is 25.2 Å². The quantitative estimate of drug-likeness (QED) is 0.501. The van der Waals surface area contributed by atoms with Gasteiger partial charge in [0.05, 0.1) is 5.70 Å². The van der Waals surface area contributed by atoms with Gasteiger partial charge in [-0.3, -0.25) is 0 Å². The molecule has 2 aromatic rings. The molecule has 1 unspecified atom stereocenters.